The fourth-order valence-corrected chi connectivity index (χ4v) is 2.39. The summed E-state index contributed by atoms with van der Waals surface area (Å²) in [6, 6.07) is 13.9. The van der Waals surface area contributed by atoms with Gasteiger partial charge in [0.15, 0.2) is 0 Å². The van der Waals surface area contributed by atoms with Gasteiger partial charge in [0.25, 0.3) is 0 Å². The van der Waals surface area contributed by atoms with Crippen LogP contribution in [0.5, 0.6) is 5.75 Å². The molecule has 0 unspecified atom stereocenters. The number of ether oxygens (including phenoxy) is 1. The van der Waals surface area contributed by atoms with Crippen LogP contribution >= 0.6 is 31.9 Å². The van der Waals surface area contributed by atoms with Crippen LogP contribution in [-0.2, 0) is 13.2 Å². The molecule has 0 heterocycles. The summed E-state index contributed by atoms with van der Waals surface area (Å²) in [5.74, 6) is 0.829. The zero-order valence-electron chi connectivity index (χ0n) is 9.70. The fourth-order valence-electron chi connectivity index (χ4n) is 1.61. The predicted molar refractivity (Wildman–Crippen MR) is 80.5 cm³/mol. The number of hydrogen-bond acceptors (Lipinski definition) is 2. The summed E-state index contributed by atoms with van der Waals surface area (Å²) in [5.41, 5.74) is 7.85. The van der Waals surface area contributed by atoms with Crippen LogP contribution in [0.15, 0.2) is 51.4 Å². The van der Waals surface area contributed by atoms with Crippen molar-refractivity contribution < 1.29 is 4.74 Å². The Morgan fingerprint density at radius 3 is 2.39 bits per heavy atom. The van der Waals surface area contributed by atoms with Crippen LogP contribution in [0, 0.1) is 0 Å². The normalized spacial score (nSPS) is 10.4. The minimum atomic E-state index is 0.455. The molecule has 0 amide bonds. The second-order valence-corrected chi connectivity index (χ2v) is 5.61. The molecular formula is C14H13Br2NO. The summed E-state index contributed by atoms with van der Waals surface area (Å²) >= 11 is 6.89. The quantitative estimate of drug-likeness (QED) is 0.873. The Morgan fingerprint density at radius 2 is 1.72 bits per heavy atom. The van der Waals surface area contributed by atoms with Crippen LogP contribution in [-0.4, -0.2) is 0 Å². The smallest absolute Gasteiger partial charge is 0.125 e. The Morgan fingerprint density at radius 1 is 1.00 bits per heavy atom. The van der Waals surface area contributed by atoms with Crippen molar-refractivity contribution in [2.24, 2.45) is 5.73 Å². The van der Waals surface area contributed by atoms with Gasteiger partial charge in [0.05, 0.1) is 0 Å². The van der Waals surface area contributed by atoms with E-state index in [1.807, 2.05) is 42.5 Å². The highest BCUT2D eigenvalue weighted by Gasteiger charge is 2.06. The highest BCUT2D eigenvalue weighted by molar-refractivity contribution is 9.10. The van der Waals surface area contributed by atoms with Crippen molar-refractivity contribution in [3.05, 3.63) is 62.5 Å². The summed E-state index contributed by atoms with van der Waals surface area (Å²) in [7, 11) is 0. The van der Waals surface area contributed by atoms with E-state index in [1.165, 1.54) is 0 Å². The van der Waals surface area contributed by atoms with E-state index in [1.54, 1.807) is 0 Å². The molecule has 0 saturated carbocycles. The Kier molecular flexibility index (Phi) is 4.80. The highest BCUT2D eigenvalue weighted by Crippen LogP contribution is 2.27. The molecule has 2 N–H and O–H groups in total. The number of nitrogens with two attached hydrogens (primary N) is 1. The van der Waals surface area contributed by atoms with Gasteiger partial charge < -0.3 is 10.5 Å². The van der Waals surface area contributed by atoms with Crippen LogP contribution in [0.3, 0.4) is 0 Å². The Labute approximate surface area is 123 Å². The van der Waals surface area contributed by atoms with Gasteiger partial charge in [-0.3, -0.25) is 0 Å². The minimum Gasteiger partial charge on any atom is -0.489 e. The van der Waals surface area contributed by atoms with Gasteiger partial charge in [-0.05, 0) is 29.8 Å². The highest BCUT2D eigenvalue weighted by atomic mass is 79.9. The second kappa shape index (κ2) is 6.36. The molecule has 4 heteroatoms. The molecule has 0 aliphatic rings. The molecule has 0 aromatic heterocycles. The topological polar surface area (TPSA) is 35.2 Å². The second-order valence-electron chi connectivity index (χ2n) is 3.84. The first-order valence-electron chi connectivity index (χ1n) is 5.55. The van der Waals surface area contributed by atoms with Crippen molar-refractivity contribution in [1.29, 1.82) is 0 Å². The molecule has 0 aliphatic carbocycles. The van der Waals surface area contributed by atoms with Crippen molar-refractivity contribution >= 4 is 31.9 Å². The number of benzene rings is 2. The van der Waals surface area contributed by atoms with Gasteiger partial charge >= 0.3 is 0 Å². The lowest BCUT2D eigenvalue weighted by Crippen LogP contribution is -2.03. The fraction of sp³-hybridized carbons (Fsp3) is 0.143. The molecule has 94 valence electrons. The third-order valence-electron chi connectivity index (χ3n) is 2.59. The first-order chi connectivity index (χ1) is 8.70. The summed E-state index contributed by atoms with van der Waals surface area (Å²) in [5, 5.41) is 0. The molecular weight excluding hydrogens is 358 g/mol. The van der Waals surface area contributed by atoms with Gasteiger partial charge in [-0.2, -0.15) is 0 Å². The average Bonchev–Trinajstić information content (AvgIpc) is 2.38. The van der Waals surface area contributed by atoms with E-state index in [2.05, 4.69) is 31.9 Å². The van der Waals surface area contributed by atoms with E-state index < -0.39 is 0 Å². The largest absolute Gasteiger partial charge is 0.489 e. The van der Waals surface area contributed by atoms with Gasteiger partial charge in [-0.15, -0.1) is 0 Å². The summed E-state index contributed by atoms with van der Waals surface area (Å²) in [4.78, 5) is 0. The van der Waals surface area contributed by atoms with Crippen LogP contribution in [0.1, 0.15) is 11.1 Å². The maximum absolute atomic E-state index is 5.81. The van der Waals surface area contributed by atoms with Crippen molar-refractivity contribution in [3.8, 4) is 5.75 Å². The van der Waals surface area contributed by atoms with E-state index in [4.69, 9.17) is 10.5 Å². The van der Waals surface area contributed by atoms with Gasteiger partial charge in [-0.1, -0.05) is 50.1 Å². The molecule has 18 heavy (non-hydrogen) atoms. The van der Waals surface area contributed by atoms with Crippen molar-refractivity contribution in [1.82, 2.24) is 0 Å². The zero-order valence-corrected chi connectivity index (χ0v) is 12.9. The molecule has 0 spiro atoms. The summed E-state index contributed by atoms with van der Waals surface area (Å²) < 4.78 is 7.86. The molecule has 0 bridgehead atoms. The molecule has 0 aliphatic heterocycles. The third-order valence-corrected chi connectivity index (χ3v) is 3.86. The van der Waals surface area contributed by atoms with Crippen LogP contribution in [0.4, 0.5) is 0 Å². The first kappa shape index (κ1) is 13.6. The summed E-state index contributed by atoms with van der Waals surface area (Å²) in [6.07, 6.45) is 0. The van der Waals surface area contributed by atoms with Gasteiger partial charge in [0.2, 0.25) is 0 Å². The van der Waals surface area contributed by atoms with Crippen molar-refractivity contribution in [3.63, 3.8) is 0 Å². The number of halogens is 2. The van der Waals surface area contributed by atoms with Gasteiger partial charge in [0, 0.05) is 21.1 Å². The van der Waals surface area contributed by atoms with Crippen LogP contribution in [0.25, 0.3) is 0 Å². The predicted octanol–water partition coefficient (Wildman–Crippen LogP) is 4.25. The van der Waals surface area contributed by atoms with E-state index >= 15 is 0 Å². The minimum absolute atomic E-state index is 0.455. The molecule has 0 saturated heterocycles. The average molecular weight is 371 g/mol. The molecule has 0 radical (unpaired) electrons. The van der Waals surface area contributed by atoms with E-state index in [9.17, 15) is 0 Å². The molecule has 0 atom stereocenters. The molecule has 2 nitrogen and oxygen atoms in total. The van der Waals surface area contributed by atoms with Crippen molar-refractivity contribution in [2.45, 2.75) is 13.2 Å². The van der Waals surface area contributed by atoms with Gasteiger partial charge in [0.1, 0.15) is 12.4 Å². The number of hydrogen-bond donors (Lipinski definition) is 1. The first-order valence-corrected chi connectivity index (χ1v) is 7.14. The van der Waals surface area contributed by atoms with Gasteiger partial charge in [-0.25, -0.2) is 0 Å². The SMILES string of the molecule is NCc1c(Br)cccc1OCc1ccc(Br)cc1. The van der Waals surface area contributed by atoms with Crippen LogP contribution < -0.4 is 10.5 Å². The number of rotatable bonds is 4. The summed E-state index contributed by atoms with van der Waals surface area (Å²) in [6.45, 7) is 0.994. The Bertz CT molecular complexity index is 526. The van der Waals surface area contributed by atoms with Crippen LogP contribution in [0.2, 0.25) is 0 Å². The molecule has 2 rings (SSSR count). The van der Waals surface area contributed by atoms with E-state index in [0.29, 0.717) is 13.2 Å². The lowest BCUT2D eigenvalue weighted by molar-refractivity contribution is 0.302. The molecule has 0 fully saturated rings. The maximum Gasteiger partial charge on any atom is 0.125 e. The monoisotopic (exact) mass is 369 g/mol. The van der Waals surface area contributed by atoms with Crippen molar-refractivity contribution in [2.75, 3.05) is 0 Å². The molecule has 2 aromatic carbocycles. The molecule has 2 aromatic rings. The lowest BCUT2D eigenvalue weighted by atomic mass is 10.2. The Hall–Kier alpha value is -0.840. The maximum atomic E-state index is 5.81. The van der Waals surface area contributed by atoms with E-state index in [0.717, 1.165) is 25.8 Å². The zero-order chi connectivity index (χ0) is 13.0. The van der Waals surface area contributed by atoms with E-state index in [-0.39, 0.29) is 0 Å². The standard InChI is InChI=1S/C14H13Br2NO/c15-11-6-4-10(5-7-11)9-18-14-3-1-2-13(16)12(14)8-17/h1-7H,8-9,17H2. The Balaban J connectivity index is 2.10. The third kappa shape index (κ3) is 3.34. The lowest BCUT2D eigenvalue weighted by Gasteiger charge is -2.11.